The Kier molecular flexibility index (Phi) is 2.59. The number of thiazole rings is 1. The topological polar surface area (TPSA) is 68.6 Å². The van der Waals surface area contributed by atoms with Crippen molar-refractivity contribution >= 4 is 33.4 Å². The van der Waals surface area contributed by atoms with Gasteiger partial charge in [-0.3, -0.25) is 0 Å². The summed E-state index contributed by atoms with van der Waals surface area (Å²) in [6, 6.07) is 8.29. The third kappa shape index (κ3) is 1.96. The molecule has 0 saturated carbocycles. The molecule has 0 aliphatic heterocycles. The quantitative estimate of drug-likeness (QED) is 0.537. The largest absolute Gasteiger partial charge is 0.442 e. The van der Waals surface area contributed by atoms with Crippen LogP contribution in [0.5, 0.6) is 0 Å². The number of imidazole rings is 1. The summed E-state index contributed by atoms with van der Waals surface area (Å²) in [5, 5.41) is 3.97. The first-order valence-corrected chi connectivity index (χ1v) is 8.01. The molecular weight excluding hydrogens is 306 g/mol. The molecule has 0 aliphatic rings. The van der Waals surface area contributed by atoms with E-state index in [1.54, 1.807) is 17.7 Å². The van der Waals surface area contributed by atoms with Crippen LogP contribution >= 0.6 is 11.3 Å². The van der Waals surface area contributed by atoms with Gasteiger partial charge in [0, 0.05) is 17.1 Å². The number of hydrogen-bond acceptors (Lipinski definition) is 4. The maximum Gasteiger partial charge on any atom is 0.123 e. The van der Waals surface area contributed by atoms with E-state index in [0.717, 1.165) is 43.8 Å². The molecule has 0 atom stereocenters. The summed E-state index contributed by atoms with van der Waals surface area (Å²) >= 11 is 1.61. The predicted octanol–water partition coefficient (Wildman–Crippen LogP) is 3.86. The minimum Gasteiger partial charge on any atom is -0.442 e. The van der Waals surface area contributed by atoms with Crippen LogP contribution in [-0.4, -0.2) is 19.9 Å². The van der Waals surface area contributed by atoms with Crippen LogP contribution in [0.2, 0.25) is 0 Å². The van der Waals surface area contributed by atoms with E-state index in [1.165, 1.54) is 0 Å². The summed E-state index contributed by atoms with van der Waals surface area (Å²) in [7, 11) is 0. The Bertz CT molecular complexity index is 1120. The molecule has 1 N–H and O–H groups in total. The first kappa shape index (κ1) is 12.5. The number of hydrogen-bond donors (Lipinski definition) is 1. The highest BCUT2D eigenvalue weighted by Crippen LogP contribution is 2.32. The zero-order chi connectivity index (χ0) is 15.2. The Balaban J connectivity index is 1.71. The van der Waals surface area contributed by atoms with E-state index in [9.17, 15) is 0 Å². The molecule has 23 heavy (non-hydrogen) atoms. The molecule has 0 amide bonds. The molecule has 4 heterocycles. The van der Waals surface area contributed by atoms with E-state index in [0.29, 0.717) is 0 Å². The van der Waals surface area contributed by atoms with E-state index in [-0.39, 0.29) is 0 Å². The maximum absolute atomic E-state index is 4.50. The number of aromatic nitrogens is 5. The maximum atomic E-state index is 4.50. The Morgan fingerprint density at radius 2 is 2.04 bits per heavy atom. The second kappa shape index (κ2) is 4.76. The van der Waals surface area contributed by atoms with Crippen LogP contribution in [0.3, 0.4) is 0 Å². The van der Waals surface area contributed by atoms with Gasteiger partial charge in [0.05, 0.1) is 17.4 Å². The molecule has 5 aromatic rings. The Morgan fingerprint density at radius 1 is 1.04 bits per heavy atom. The predicted molar refractivity (Wildman–Crippen MR) is 91.3 cm³/mol. The van der Waals surface area contributed by atoms with Crippen LogP contribution in [0.25, 0.3) is 43.8 Å². The Morgan fingerprint density at radius 3 is 2.96 bits per heavy atom. The lowest BCUT2D eigenvalue weighted by molar-refractivity contribution is 1.30. The van der Waals surface area contributed by atoms with Crippen molar-refractivity contribution in [2.45, 2.75) is 0 Å². The van der Waals surface area contributed by atoms with Gasteiger partial charge >= 0.3 is 0 Å². The number of nitrogens with one attached hydrogen (secondary N) is 1. The second-order valence-electron chi connectivity index (χ2n) is 5.24. The van der Waals surface area contributed by atoms with E-state index < -0.39 is 0 Å². The normalized spacial score (nSPS) is 11.5. The molecule has 0 bridgehead atoms. The fourth-order valence-electron chi connectivity index (χ4n) is 2.75. The van der Waals surface area contributed by atoms with Gasteiger partial charge in [-0.25, -0.2) is 9.97 Å². The third-order valence-corrected chi connectivity index (χ3v) is 4.70. The van der Waals surface area contributed by atoms with Gasteiger partial charge in [0.1, 0.15) is 5.01 Å². The molecule has 0 unspecified atom stereocenters. The summed E-state index contributed by atoms with van der Waals surface area (Å²) < 4.78 is 0. The smallest absolute Gasteiger partial charge is 0.123 e. The molecular formula is C17H10N5S-. The first-order chi connectivity index (χ1) is 11.4. The molecule has 0 fully saturated rings. The van der Waals surface area contributed by atoms with E-state index >= 15 is 0 Å². The fourth-order valence-corrected chi connectivity index (χ4v) is 3.42. The number of nitrogens with zero attached hydrogens (tertiary/aromatic N) is 4. The van der Waals surface area contributed by atoms with Crippen molar-refractivity contribution in [2.75, 3.05) is 0 Å². The van der Waals surface area contributed by atoms with Crippen molar-refractivity contribution in [2.24, 2.45) is 0 Å². The SMILES string of the molecule is c1csc(-c2c[n-]c3ncc(-c4ccc5nc[nH]c5c4)cc23)n1. The average Bonchev–Trinajstić information content (AvgIpc) is 3.32. The van der Waals surface area contributed by atoms with Gasteiger partial charge in [0.25, 0.3) is 0 Å². The lowest BCUT2D eigenvalue weighted by Gasteiger charge is -2.07. The third-order valence-electron chi connectivity index (χ3n) is 3.89. The van der Waals surface area contributed by atoms with E-state index in [4.69, 9.17) is 0 Å². The lowest BCUT2D eigenvalue weighted by atomic mass is 10.1. The minimum absolute atomic E-state index is 0.751. The molecule has 110 valence electrons. The number of rotatable bonds is 2. The van der Waals surface area contributed by atoms with Crippen molar-refractivity contribution in [3.8, 4) is 21.7 Å². The van der Waals surface area contributed by atoms with Gasteiger partial charge in [0.15, 0.2) is 0 Å². The second-order valence-corrected chi connectivity index (χ2v) is 6.13. The number of fused-ring (bicyclic) bond motifs is 2. The van der Waals surface area contributed by atoms with Gasteiger partial charge in [-0.2, -0.15) is 0 Å². The van der Waals surface area contributed by atoms with Gasteiger partial charge in [0.2, 0.25) is 0 Å². The molecule has 5 nitrogen and oxygen atoms in total. The van der Waals surface area contributed by atoms with Crippen molar-refractivity contribution in [1.29, 1.82) is 0 Å². The zero-order valence-corrected chi connectivity index (χ0v) is 12.7. The van der Waals surface area contributed by atoms with Gasteiger partial charge in [-0.15, -0.1) is 11.3 Å². The minimum atomic E-state index is 0.751. The number of aromatic amines is 1. The average molecular weight is 316 g/mol. The summed E-state index contributed by atoms with van der Waals surface area (Å²) in [5.74, 6) is 0. The van der Waals surface area contributed by atoms with Crippen molar-refractivity contribution < 1.29 is 0 Å². The van der Waals surface area contributed by atoms with Crippen molar-refractivity contribution in [3.63, 3.8) is 0 Å². The van der Waals surface area contributed by atoms with Crippen LogP contribution in [0.1, 0.15) is 0 Å². The molecule has 0 spiro atoms. The highest BCUT2D eigenvalue weighted by atomic mass is 32.1. The van der Waals surface area contributed by atoms with Gasteiger partial charge in [-0.05, 0) is 34.7 Å². The van der Waals surface area contributed by atoms with Crippen LogP contribution in [0.4, 0.5) is 0 Å². The standard InChI is InChI=1S/C17H10N5S/c1-2-14-15(22-9-21-14)6-10(1)11-5-12-13(17-18-3-4-23-17)8-20-16(12)19-7-11/h1-9H,(H-,19,20,21,22)/q-1. The van der Waals surface area contributed by atoms with Crippen molar-refractivity contribution in [1.82, 2.24) is 24.9 Å². The van der Waals surface area contributed by atoms with Crippen molar-refractivity contribution in [3.05, 3.63) is 54.6 Å². The summed E-state index contributed by atoms with van der Waals surface area (Å²) in [6.45, 7) is 0. The summed E-state index contributed by atoms with van der Waals surface area (Å²) in [4.78, 5) is 20.7. The van der Waals surface area contributed by atoms with Crippen LogP contribution in [0, 0.1) is 0 Å². The molecule has 0 radical (unpaired) electrons. The fraction of sp³-hybridized carbons (Fsp3) is 0. The monoisotopic (exact) mass is 316 g/mol. The number of benzene rings is 1. The molecule has 6 heteroatoms. The Hall–Kier alpha value is -2.99. The molecule has 0 aliphatic carbocycles. The van der Waals surface area contributed by atoms with Gasteiger partial charge < -0.3 is 15.0 Å². The first-order valence-electron chi connectivity index (χ1n) is 7.13. The lowest BCUT2D eigenvalue weighted by Crippen LogP contribution is -1.83. The van der Waals surface area contributed by atoms with Crippen LogP contribution in [-0.2, 0) is 0 Å². The number of H-pyrrole nitrogens is 1. The van der Waals surface area contributed by atoms with E-state index in [2.05, 4.69) is 43.1 Å². The zero-order valence-electron chi connectivity index (χ0n) is 11.9. The number of pyridine rings is 1. The summed E-state index contributed by atoms with van der Waals surface area (Å²) in [5.41, 5.74) is 5.92. The van der Waals surface area contributed by atoms with E-state index in [1.807, 2.05) is 30.0 Å². The Labute approximate surface area is 135 Å². The molecule has 5 rings (SSSR count). The van der Waals surface area contributed by atoms with Crippen LogP contribution in [0.15, 0.2) is 54.6 Å². The highest BCUT2D eigenvalue weighted by molar-refractivity contribution is 7.13. The van der Waals surface area contributed by atoms with Gasteiger partial charge in [-0.1, -0.05) is 24.1 Å². The highest BCUT2D eigenvalue weighted by Gasteiger charge is 2.07. The summed E-state index contributed by atoms with van der Waals surface area (Å²) in [6.07, 6.45) is 7.22. The molecule has 0 saturated heterocycles. The molecule has 1 aromatic carbocycles. The van der Waals surface area contributed by atoms with Crippen LogP contribution < -0.4 is 4.98 Å². The molecule has 4 aromatic heterocycles.